The Kier molecular flexibility index (Phi) is 5.74. The first-order valence-electron chi connectivity index (χ1n) is 9.28. The van der Waals surface area contributed by atoms with Crippen LogP contribution in [-0.4, -0.2) is 19.3 Å². The van der Waals surface area contributed by atoms with Crippen molar-refractivity contribution in [1.29, 1.82) is 0 Å². The van der Waals surface area contributed by atoms with Gasteiger partial charge in [-0.15, -0.1) is 11.3 Å². The second kappa shape index (κ2) is 8.36. The molecule has 0 fully saturated rings. The van der Waals surface area contributed by atoms with Crippen molar-refractivity contribution in [3.63, 3.8) is 0 Å². The van der Waals surface area contributed by atoms with E-state index in [4.69, 9.17) is 0 Å². The van der Waals surface area contributed by atoms with Crippen LogP contribution in [0.15, 0.2) is 82.8 Å². The number of aromatic nitrogens is 1. The summed E-state index contributed by atoms with van der Waals surface area (Å²) in [5, 5.41) is 3.71. The van der Waals surface area contributed by atoms with E-state index in [0.717, 1.165) is 34.4 Å². The molecule has 5 nitrogen and oxygen atoms in total. The molecule has 0 aliphatic heterocycles. The molecule has 0 bridgehead atoms. The Morgan fingerprint density at radius 3 is 2.19 bits per heavy atom. The molecule has 4 aromatic rings. The van der Waals surface area contributed by atoms with E-state index in [-0.39, 0.29) is 22.2 Å². The topological polar surface area (TPSA) is 76.1 Å². The van der Waals surface area contributed by atoms with E-state index in [1.807, 2.05) is 6.07 Å². The van der Waals surface area contributed by atoms with Gasteiger partial charge in [0.05, 0.1) is 24.9 Å². The average Bonchev–Trinajstić information content (AvgIpc) is 3.22. The highest BCUT2D eigenvalue weighted by atomic mass is 32.2. The van der Waals surface area contributed by atoms with Gasteiger partial charge in [0.2, 0.25) is 9.84 Å². The van der Waals surface area contributed by atoms with Gasteiger partial charge in [0.25, 0.3) is 5.91 Å². The summed E-state index contributed by atoms with van der Waals surface area (Å²) in [5.41, 5.74) is -0.245. The minimum atomic E-state index is -4.54. The number of nitrogens with one attached hydrogen (secondary N) is 1. The number of rotatable bonds is 5. The van der Waals surface area contributed by atoms with Crippen LogP contribution in [0.25, 0.3) is 10.1 Å². The number of carbonyl (C=O) groups excluding carboxylic acids is 1. The van der Waals surface area contributed by atoms with Crippen LogP contribution in [0, 0.1) is 0 Å². The molecule has 10 heteroatoms. The maximum atomic E-state index is 12.7. The third-order valence-electron chi connectivity index (χ3n) is 4.73. The zero-order valence-corrected chi connectivity index (χ0v) is 17.9. The lowest BCUT2D eigenvalue weighted by molar-refractivity contribution is -0.137. The predicted octanol–water partition coefficient (Wildman–Crippen LogP) is 5.08. The third kappa shape index (κ3) is 4.51. The molecule has 0 saturated heterocycles. The molecule has 164 valence electrons. The number of carbonyl (C=O) groups is 1. The normalized spacial score (nSPS) is 12.1. The summed E-state index contributed by atoms with van der Waals surface area (Å²) in [4.78, 5) is 16.7. The molecular formula is C22H15F3N2O3S2. The standard InChI is InChI=1S/C22H15F3N2O3S2/c23-22(24,25)16-3-7-18(8-4-16)32(29,30)17-5-1-14(2-6-17)12-27-21(28)19-11-15-9-10-26-13-20(15)31-19/h1-11,13H,12H2,(H,27,28). The number of benzene rings is 2. The molecule has 0 atom stereocenters. The second-order valence-electron chi connectivity index (χ2n) is 6.88. The minimum absolute atomic E-state index is 0.0515. The molecule has 0 unspecified atom stereocenters. The first kappa shape index (κ1) is 22.0. The zero-order valence-electron chi connectivity index (χ0n) is 16.3. The molecule has 32 heavy (non-hydrogen) atoms. The summed E-state index contributed by atoms with van der Waals surface area (Å²) in [6, 6.07) is 12.8. The van der Waals surface area contributed by atoms with E-state index in [0.29, 0.717) is 10.4 Å². The molecule has 2 aromatic carbocycles. The maximum Gasteiger partial charge on any atom is 0.416 e. The molecule has 1 N–H and O–H groups in total. The highest BCUT2D eigenvalue weighted by Gasteiger charge is 2.30. The van der Waals surface area contributed by atoms with Crippen LogP contribution in [0.2, 0.25) is 0 Å². The van der Waals surface area contributed by atoms with Crippen LogP contribution in [-0.2, 0) is 22.6 Å². The van der Waals surface area contributed by atoms with Gasteiger partial charge in [-0.3, -0.25) is 9.78 Å². The van der Waals surface area contributed by atoms with Crippen LogP contribution >= 0.6 is 11.3 Å². The minimum Gasteiger partial charge on any atom is -0.347 e. The maximum absolute atomic E-state index is 12.7. The number of sulfone groups is 1. The highest BCUT2D eigenvalue weighted by molar-refractivity contribution is 7.91. The van der Waals surface area contributed by atoms with Crippen molar-refractivity contribution in [3.05, 3.63) is 89.1 Å². The van der Waals surface area contributed by atoms with Gasteiger partial charge in [-0.2, -0.15) is 13.2 Å². The van der Waals surface area contributed by atoms with Crippen LogP contribution in [0.1, 0.15) is 20.8 Å². The van der Waals surface area contributed by atoms with Crippen LogP contribution in [0.3, 0.4) is 0 Å². The SMILES string of the molecule is O=C(NCc1ccc(S(=O)(=O)c2ccc(C(F)(F)F)cc2)cc1)c1cc2ccncc2s1. The number of hydrogen-bond acceptors (Lipinski definition) is 5. The van der Waals surface area contributed by atoms with E-state index in [1.165, 1.54) is 23.5 Å². The van der Waals surface area contributed by atoms with Crippen molar-refractivity contribution in [2.24, 2.45) is 0 Å². The Labute approximate surface area is 185 Å². The van der Waals surface area contributed by atoms with Gasteiger partial charge in [0, 0.05) is 18.9 Å². The molecule has 2 aromatic heterocycles. The fraction of sp³-hybridized carbons (Fsp3) is 0.0909. The van der Waals surface area contributed by atoms with Crippen molar-refractivity contribution in [3.8, 4) is 0 Å². The smallest absolute Gasteiger partial charge is 0.347 e. The number of alkyl halides is 3. The number of fused-ring (bicyclic) bond motifs is 1. The van der Waals surface area contributed by atoms with Gasteiger partial charge in [-0.05, 0) is 59.5 Å². The van der Waals surface area contributed by atoms with Crippen molar-refractivity contribution in [2.75, 3.05) is 0 Å². The van der Waals surface area contributed by atoms with Gasteiger partial charge < -0.3 is 5.32 Å². The summed E-state index contributed by atoms with van der Waals surface area (Å²) in [6.45, 7) is 0.186. The highest BCUT2D eigenvalue weighted by Crippen LogP contribution is 2.31. The lowest BCUT2D eigenvalue weighted by Gasteiger charge is -2.09. The number of hydrogen-bond donors (Lipinski definition) is 1. The molecular weight excluding hydrogens is 461 g/mol. The van der Waals surface area contributed by atoms with Crippen molar-refractivity contribution < 1.29 is 26.4 Å². The van der Waals surface area contributed by atoms with Crippen LogP contribution in [0.4, 0.5) is 13.2 Å². The van der Waals surface area contributed by atoms with Gasteiger partial charge in [-0.25, -0.2) is 8.42 Å². The number of thiophene rings is 1. The number of halogens is 3. The van der Waals surface area contributed by atoms with E-state index in [9.17, 15) is 26.4 Å². The Morgan fingerprint density at radius 2 is 1.59 bits per heavy atom. The summed E-state index contributed by atoms with van der Waals surface area (Å²) in [5.74, 6) is -0.257. The van der Waals surface area contributed by atoms with E-state index in [2.05, 4.69) is 10.3 Å². The largest absolute Gasteiger partial charge is 0.416 e. The van der Waals surface area contributed by atoms with Crippen LogP contribution in [0.5, 0.6) is 0 Å². The van der Waals surface area contributed by atoms with E-state index >= 15 is 0 Å². The predicted molar refractivity (Wildman–Crippen MR) is 114 cm³/mol. The summed E-state index contributed by atoms with van der Waals surface area (Å²) in [7, 11) is -3.97. The molecule has 0 saturated carbocycles. The Morgan fingerprint density at radius 1 is 0.969 bits per heavy atom. The monoisotopic (exact) mass is 476 g/mol. The Bertz CT molecular complexity index is 1350. The fourth-order valence-corrected chi connectivity index (χ4v) is 5.22. The van der Waals surface area contributed by atoms with Gasteiger partial charge >= 0.3 is 6.18 Å². The lowest BCUT2D eigenvalue weighted by Crippen LogP contribution is -2.21. The summed E-state index contributed by atoms with van der Waals surface area (Å²) in [6.07, 6.45) is -1.20. The second-order valence-corrected chi connectivity index (χ2v) is 9.91. The molecule has 1 amide bonds. The molecule has 0 spiro atoms. The van der Waals surface area contributed by atoms with Crippen molar-refractivity contribution >= 4 is 37.2 Å². The fourth-order valence-electron chi connectivity index (χ4n) is 3.01. The molecule has 4 rings (SSSR count). The summed E-state index contributed by atoms with van der Waals surface area (Å²) >= 11 is 1.32. The number of amides is 1. The van der Waals surface area contributed by atoms with E-state index < -0.39 is 21.6 Å². The Hall–Kier alpha value is -3.24. The molecule has 0 radical (unpaired) electrons. The first-order chi connectivity index (χ1) is 15.1. The molecule has 0 aliphatic carbocycles. The third-order valence-corrected chi connectivity index (χ3v) is 7.60. The molecule has 2 heterocycles. The Balaban J connectivity index is 1.44. The molecule has 0 aliphatic rings. The number of pyridine rings is 1. The number of nitrogens with zero attached hydrogens (tertiary/aromatic N) is 1. The average molecular weight is 477 g/mol. The van der Waals surface area contributed by atoms with Crippen molar-refractivity contribution in [2.45, 2.75) is 22.5 Å². The first-order valence-corrected chi connectivity index (χ1v) is 11.6. The van der Waals surface area contributed by atoms with Gasteiger partial charge in [-0.1, -0.05) is 12.1 Å². The quantitative estimate of drug-likeness (QED) is 0.436. The van der Waals surface area contributed by atoms with Crippen LogP contribution < -0.4 is 5.32 Å². The van der Waals surface area contributed by atoms with E-state index in [1.54, 1.807) is 30.6 Å². The van der Waals surface area contributed by atoms with Crippen molar-refractivity contribution in [1.82, 2.24) is 10.3 Å². The van der Waals surface area contributed by atoms with Gasteiger partial charge in [0.1, 0.15) is 0 Å². The lowest BCUT2D eigenvalue weighted by atomic mass is 10.2. The zero-order chi connectivity index (χ0) is 22.9. The summed E-state index contributed by atoms with van der Waals surface area (Å²) < 4.78 is 64.4. The van der Waals surface area contributed by atoms with Gasteiger partial charge in [0.15, 0.2) is 0 Å².